The Morgan fingerprint density at radius 1 is 1.31 bits per heavy atom. The van der Waals surface area contributed by atoms with E-state index in [1.165, 1.54) is 23.5 Å². The van der Waals surface area contributed by atoms with E-state index in [2.05, 4.69) is 0 Å². The monoisotopic (exact) mass is 245 g/mol. The minimum Gasteiger partial charge on any atom is -0.212 e. The van der Waals surface area contributed by atoms with E-state index in [9.17, 15) is 12.8 Å². The van der Waals surface area contributed by atoms with Gasteiger partial charge in [0, 0.05) is 13.1 Å². The minimum absolute atomic E-state index is 0.0645. The standard InChI is InChI=1S/C11H16FNO2S/c1-4-16(14,15)13(3)9(2)10-5-7-11(12)8-6-10/h5-9H,4H2,1-3H3/t9-/m1/s1. The van der Waals surface area contributed by atoms with E-state index in [-0.39, 0.29) is 17.6 Å². The molecule has 0 bridgehead atoms. The third-order valence-electron chi connectivity index (χ3n) is 2.70. The highest BCUT2D eigenvalue weighted by atomic mass is 32.2. The average molecular weight is 245 g/mol. The van der Waals surface area contributed by atoms with Gasteiger partial charge in [-0.1, -0.05) is 12.1 Å². The second kappa shape index (κ2) is 4.93. The number of hydrogen-bond donors (Lipinski definition) is 0. The maximum atomic E-state index is 12.7. The van der Waals surface area contributed by atoms with Crippen LogP contribution in [0.3, 0.4) is 0 Å². The van der Waals surface area contributed by atoms with Gasteiger partial charge < -0.3 is 0 Å². The Morgan fingerprint density at radius 2 is 1.81 bits per heavy atom. The lowest BCUT2D eigenvalue weighted by Crippen LogP contribution is -2.30. The van der Waals surface area contributed by atoms with Crippen LogP contribution in [0.5, 0.6) is 0 Å². The molecule has 1 aromatic rings. The maximum Gasteiger partial charge on any atom is 0.214 e. The first-order valence-electron chi connectivity index (χ1n) is 5.09. The summed E-state index contributed by atoms with van der Waals surface area (Å²) in [6.07, 6.45) is 0. The van der Waals surface area contributed by atoms with Crippen LogP contribution >= 0.6 is 0 Å². The predicted molar refractivity (Wildman–Crippen MR) is 62.0 cm³/mol. The molecule has 16 heavy (non-hydrogen) atoms. The molecule has 0 aliphatic heterocycles. The van der Waals surface area contributed by atoms with Crippen LogP contribution < -0.4 is 0 Å². The summed E-state index contributed by atoms with van der Waals surface area (Å²) in [6, 6.07) is 5.57. The molecule has 0 spiro atoms. The molecular weight excluding hydrogens is 229 g/mol. The Balaban J connectivity index is 2.94. The average Bonchev–Trinajstić information content (AvgIpc) is 2.28. The van der Waals surface area contributed by atoms with Gasteiger partial charge in [0.25, 0.3) is 0 Å². The van der Waals surface area contributed by atoms with E-state index in [0.29, 0.717) is 0 Å². The molecule has 0 aromatic heterocycles. The Labute approximate surface area is 95.9 Å². The van der Waals surface area contributed by atoms with E-state index in [1.54, 1.807) is 26.0 Å². The second-order valence-corrected chi connectivity index (χ2v) is 5.96. The van der Waals surface area contributed by atoms with Crippen LogP contribution in [0, 0.1) is 5.82 Å². The molecular formula is C11H16FNO2S. The highest BCUT2D eigenvalue weighted by Gasteiger charge is 2.22. The van der Waals surface area contributed by atoms with Crippen LogP contribution in [0.25, 0.3) is 0 Å². The Bertz CT molecular complexity index is 442. The Morgan fingerprint density at radius 3 is 2.25 bits per heavy atom. The second-order valence-electron chi connectivity index (χ2n) is 3.64. The van der Waals surface area contributed by atoms with Crippen molar-refractivity contribution < 1.29 is 12.8 Å². The zero-order valence-corrected chi connectivity index (χ0v) is 10.5. The molecule has 90 valence electrons. The molecule has 0 amide bonds. The lowest BCUT2D eigenvalue weighted by atomic mass is 10.1. The van der Waals surface area contributed by atoms with Gasteiger partial charge in [-0.3, -0.25) is 0 Å². The number of rotatable bonds is 4. The molecule has 0 fully saturated rings. The number of nitrogens with zero attached hydrogens (tertiary/aromatic N) is 1. The maximum absolute atomic E-state index is 12.7. The van der Waals surface area contributed by atoms with Gasteiger partial charge in [0.2, 0.25) is 10.0 Å². The largest absolute Gasteiger partial charge is 0.214 e. The fourth-order valence-corrected chi connectivity index (χ4v) is 2.41. The first-order valence-corrected chi connectivity index (χ1v) is 6.70. The van der Waals surface area contributed by atoms with Gasteiger partial charge >= 0.3 is 0 Å². The van der Waals surface area contributed by atoms with Crippen LogP contribution in [0.1, 0.15) is 25.5 Å². The molecule has 0 aliphatic rings. The van der Waals surface area contributed by atoms with E-state index >= 15 is 0 Å². The molecule has 0 aliphatic carbocycles. The summed E-state index contributed by atoms with van der Waals surface area (Å²) >= 11 is 0. The SMILES string of the molecule is CCS(=O)(=O)N(C)[C@H](C)c1ccc(F)cc1. The highest BCUT2D eigenvalue weighted by molar-refractivity contribution is 7.89. The van der Waals surface area contributed by atoms with Crippen LogP contribution in [-0.4, -0.2) is 25.5 Å². The number of benzene rings is 1. The lowest BCUT2D eigenvalue weighted by molar-refractivity contribution is 0.399. The van der Waals surface area contributed by atoms with Crippen molar-refractivity contribution in [2.75, 3.05) is 12.8 Å². The van der Waals surface area contributed by atoms with Crippen molar-refractivity contribution >= 4 is 10.0 Å². The van der Waals surface area contributed by atoms with Gasteiger partial charge in [0.1, 0.15) is 5.82 Å². The summed E-state index contributed by atoms with van der Waals surface area (Å²) in [7, 11) is -1.68. The van der Waals surface area contributed by atoms with Gasteiger partial charge in [0.05, 0.1) is 5.75 Å². The molecule has 0 unspecified atom stereocenters. The number of halogens is 1. The van der Waals surface area contributed by atoms with E-state index in [0.717, 1.165) is 5.56 Å². The topological polar surface area (TPSA) is 37.4 Å². The van der Waals surface area contributed by atoms with Crippen molar-refractivity contribution in [2.45, 2.75) is 19.9 Å². The minimum atomic E-state index is -3.22. The van der Waals surface area contributed by atoms with Crippen molar-refractivity contribution in [2.24, 2.45) is 0 Å². The van der Waals surface area contributed by atoms with Crippen LogP contribution in [0.2, 0.25) is 0 Å². The molecule has 0 radical (unpaired) electrons. The van der Waals surface area contributed by atoms with Crippen molar-refractivity contribution in [1.82, 2.24) is 4.31 Å². The summed E-state index contributed by atoms with van der Waals surface area (Å²) in [6.45, 7) is 3.38. The zero-order chi connectivity index (χ0) is 12.3. The summed E-state index contributed by atoms with van der Waals surface area (Å²) < 4.78 is 37.3. The number of hydrogen-bond acceptors (Lipinski definition) is 2. The Kier molecular flexibility index (Phi) is 4.04. The zero-order valence-electron chi connectivity index (χ0n) is 9.64. The van der Waals surface area contributed by atoms with E-state index in [4.69, 9.17) is 0 Å². The molecule has 0 saturated heterocycles. The summed E-state index contributed by atoms with van der Waals surface area (Å²) in [5.74, 6) is -0.258. The molecule has 3 nitrogen and oxygen atoms in total. The first kappa shape index (κ1) is 13.1. The fourth-order valence-electron chi connectivity index (χ4n) is 1.40. The van der Waals surface area contributed by atoms with Crippen molar-refractivity contribution in [3.8, 4) is 0 Å². The molecule has 1 rings (SSSR count). The lowest BCUT2D eigenvalue weighted by Gasteiger charge is -2.23. The third kappa shape index (κ3) is 2.80. The van der Waals surface area contributed by atoms with Crippen LogP contribution in [-0.2, 0) is 10.0 Å². The summed E-state index contributed by atoms with van der Waals surface area (Å²) in [5, 5.41) is 0. The predicted octanol–water partition coefficient (Wildman–Crippen LogP) is 2.17. The van der Waals surface area contributed by atoms with Crippen LogP contribution in [0.4, 0.5) is 4.39 Å². The van der Waals surface area contributed by atoms with Gasteiger partial charge in [-0.2, -0.15) is 4.31 Å². The van der Waals surface area contributed by atoms with Gasteiger partial charge in [-0.15, -0.1) is 0 Å². The molecule has 0 saturated carbocycles. The van der Waals surface area contributed by atoms with E-state index < -0.39 is 10.0 Å². The van der Waals surface area contributed by atoms with Gasteiger partial charge in [0.15, 0.2) is 0 Å². The molecule has 1 atom stereocenters. The first-order chi connectivity index (χ1) is 7.38. The summed E-state index contributed by atoms with van der Waals surface area (Å²) in [4.78, 5) is 0. The third-order valence-corrected chi connectivity index (χ3v) is 4.62. The van der Waals surface area contributed by atoms with Crippen LogP contribution in [0.15, 0.2) is 24.3 Å². The summed E-state index contributed by atoms with van der Waals surface area (Å²) in [5.41, 5.74) is 0.779. The van der Waals surface area contributed by atoms with E-state index in [1.807, 2.05) is 0 Å². The van der Waals surface area contributed by atoms with Gasteiger partial charge in [-0.25, -0.2) is 12.8 Å². The molecule has 1 aromatic carbocycles. The fraction of sp³-hybridized carbons (Fsp3) is 0.455. The van der Waals surface area contributed by atoms with Crippen molar-refractivity contribution in [3.05, 3.63) is 35.6 Å². The molecule has 0 N–H and O–H groups in total. The Hall–Kier alpha value is -0.940. The quantitative estimate of drug-likeness (QED) is 0.815. The van der Waals surface area contributed by atoms with Gasteiger partial charge in [-0.05, 0) is 31.5 Å². The van der Waals surface area contributed by atoms with Crippen molar-refractivity contribution in [1.29, 1.82) is 0 Å². The molecule has 0 heterocycles. The molecule has 5 heteroatoms. The highest BCUT2D eigenvalue weighted by Crippen LogP contribution is 2.21. The number of sulfonamides is 1. The van der Waals surface area contributed by atoms with Crippen molar-refractivity contribution in [3.63, 3.8) is 0 Å². The smallest absolute Gasteiger partial charge is 0.212 e. The normalized spacial score (nSPS) is 14.1.